The Balaban J connectivity index is 1.48. The molecule has 3 N–H and O–H groups in total. The lowest BCUT2D eigenvalue weighted by Crippen LogP contribution is -2.31. The van der Waals surface area contributed by atoms with Gasteiger partial charge in [-0.25, -0.2) is 0 Å². The summed E-state index contributed by atoms with van der Waals surface area (Å²) in [5.41, 5.74) is 7.93. The van der Waals surface area contributed by atoms with Gasteiger partial charge in [0.15, 0.2) is 5.82 Å². The van der Waals surface area contributed by atoms with E-state index < -0.39 is 0 Å². The van der Waals surface area contributed by atoms with Crippen molar-refractivity contribution in [2.45, 2.75) is 45.1 Å². The lowest BCUT2D eigenvalue weighted by Gasteiger charge is -2.10. The van der Waals surface area contributed by atoms with Crippen LogP contribution in [0.15, 0.2) is 28.8 Å². The molecule has 1 aromatic carbocycles. The standard InChI is InChI=1S/C18H24N4O2/c1-2-16-21-18(24-22-16)13-5-3-12(4-6-13)9-10-20-17(23)14-7-8-15(19)11-14/h3-6,14-15H,2,7-11,19H2,1H3,(H,20,23). The third-order valence-corrected chi connectivity index (χ3v) is 4.54. The van der Waals surface area contributed by atoms with Crippen LogP contribution in [0.5, 0.6) is 0 Å². The molecule has 1 aliphatic carbocycles. The van der Waals surface area contributed by atoms with Gasteiger partial charge in [0.1, 0.15) is 0 Å². The molecule has 2 aromatic rings. The third kappa shape index (κ3) is 4.00. The Labute approximate surface area is 141 Å². The summed E-state index contributed by atoms with van der Waals surface area (Å²) in [5, 5.41) is 6.92. The monoisotopic (exact) mass is 328 g/mol. The largest absolute Gasteiger partial charge is 0.356 e. The van der Waals surface area contributed by atoms with Crippen molar-refractivity contribution in [2.75, 3.05) is 6.54 Å². The van der Waals surface area contributed by atoms with E-state index in [1.807, 2.05) is 31.2 Å². The molecule has 0 bridgehead atoms. The summed E-state index contributed by atoms with van der Waals surface area (Å²) < 4.78 is 5.23. The molecule has 0 spiro atoms. The first-order valence-electron chi connectivity index (χ1n) is 8.61. The smallest absolute Gasteiger partial charge is 0.257 e. The molecule has 1 aliphatic rings. The second-order valence-corrected chi connectivity index (χ2v) is 6.38. The molecule has 1 aromatic heterocycles. The van der Waals surface area contributed by atoms with Crippen LogP contribution in [0.25, 0.3) is 11.5 Å². The fraction of sp³-hybridized carbons (Fsp3) is 0.500. The number of aryl methyl sites for hydroxylation is 1. The van der Waals surface area contributed by atoms with Crippen LogP contribution in [0.1, 0.15) is 37.6 Å². The van der Waals surface area contributed by atoms with E-state index in [0.29, 0.717) is 18.3 Å². The molecular weight excluding hydrogens is 304 g/mol. The zero-order chi connectivity index (χ0) is 16.9. The van der Waals surface area contributed by atoms with Crippen LogP contribution >= 0.6 is 0 Å². The summed E-state index contributed by atoms with van der Waals surface area (Å²) >= 11 is 0. The molecule has 1 saturated carbocycles. The van der Waals surface area contributed by atoms with Crippen LogP contribution in [0.2, 0.25) is 0 Å². The topological polar surface area (TPSA) is 94.0 Å². The van der Waals surface area contributed by atoms with Gasteiger partial charge >= 0.3 is 0 Å². The van der Waals surface area contributed by atoms with Crippen molar-refractivity contribution in [3.8, 4) is 11.5 Å². The van der Waals surface area contributed by atoms with Crippen LogP contribution in [0.3, 0.4) is 0 Å². The maximum Gasteiger partial charge on any atom is 0.257 e. The van der Waals surface area contributed by atoms with Gasteiger partial charge in [-0.1, -0.05) is 24.2 Å². The number of benzene rings is 1. The Morgan fingerprint density at radius 2 is 2.12 bits per heavy atom. The van der Waals surface area contributed by atoms with Crippen LogP contribution in [0, 0.1) is 5.92 Å². The molecule has 24 heavy (non-hydrogen) atoms. The lowest BCUT2D eigenvalue weighted by molar-refractivity contribution is -0.124. The zero-order valence-corrected chi connectivity index (χ0v) is 14.0. The molecule has 3 rings (SSSR count). The van der Waals surface area contributed by atoms with Gasteiger partial charge in [-0.15, -0.1) is 0 Å². The minimum Gasteiger partial charge on any atom is -0.356 e. The molecule has 6 nitrogen and oxygen atoms in total. The van der Waals surface area contributed by atoms with E-state index >= 15 is 0 Å². The molecule has 0 saturated heterocycles. The van der Waals surface area contributed by atoms with Crippen molar-refractivity contribution in [3.05, 3.63) is 35.7 Å². The van der Waals surface area contributed by atoms with Crippen molar-refractivity contribution in [1.82, 2.24) is 15.5 Å². The maximum absolute atomic E-state index is 12.1. The Bertz CT molecular complexity index is 681. The van der Waals surface area contributed by atoms with Gasteiger partial charge in [0.25, 0.3) is 5.89 Å². The normalized spacial score (nSPS) is 20.2. The summed E-state index contributed by atoms with van der Waals surface area (Å²) in [6, 6.07) is 8.19. The summed E-state index contributed by atoms with van der Waals surface area (Å²) in [7, 11) is 0. The highest BCUT2D eigenvalue weighted by molar-refractivity contribution is 5.79. The van der Waals surface area contributed by atoms with E-state index in [1.54, 1.807) is 0 Å². The Morgan fingerprint density at radius 1 is 1.33 bits per heavy atom. The molecule has 0 aliphatic heterocycles. The summed E-state index contributed by atoms with van der Waals surface area (Å²) in [5.74, 6) is 1.48. The molecule has 0 radical (unpaired) electrons. The third-order valence-electron chi connectivity index (χ3n) is 4.54. The summed E-state index contributed by atoms with van der Waals surface area (Å²) in [6.07, 6.45) is 4.23. The number of carbonyl (C=O) groups excluding carboxylic acids is 1. The van der Waals surface area contributed by atoms with Gasteiger partial charge in [0, 0.05) is 30.5 Å². The average molecular weight is 328 g/mol. The van der Waals surface area contributed by atoms with E-state index in [2.05, 4.69) is 15.5 Å². The highest BCUT2D eigenvalue weighted by Crippen LogP contribution is 2.24. The molecule has 128 valence electrons. The van der Waals surface area contributed by atoms with Crippen LogP contribution in [0.4, 0.5) is 0 Å². The molecular formula is C18H24N4O2. The Morgan fingerprint density at radius 3 is 2.75 bits per heavy atom. The van der Waals surface area contributed by atoms with Crippen LogP contribution in [-0.2, 0) is 17.6 Å². The van der Waals surface area contributed by atoms with E-state index in [0.717, 1.165) is 43.2 Å². The van der Waals surface area contributed by atoms with E-state index in [1.165, 1.54) is 0 Å². The number of nitrogens with zero attached hydrogens (tertiary/aromatic N) is 2. The van der Waals surface area contributed by atoms with Gasteiger partial charge in [-0.2, -0.15) is 4.98 Å². The van der Waals surface area contributed by atoms with Gasteiger partial charge < -0.3 is 15.6 Å². The van der Waals surface area contributed by atoms with Crippen molar-refractivity contribution in [1.29, 1.82) is 0 Å². The van der Waals surface area contributed by atoms with Gasteiger partial charge in [-0.3, -0.25) is 4.79 Å². The average Bonchev–Trinajstić information content (AvgIpc) is 3.24. The molecule has 2 atom stereocenters. The quantitative estimate of drug-likeness (QED) is 0.847. The fourth-order valence-corrected chi connectivity index (χ4v) is 3.06. The minimum atomic E-state index is 0.0904. The van der Waals surface area contributed by atoms with Gasteiger partial charge in [0.2, 0.25) is 5.91 Å². The molecule has 1 fully saturated rings. The number of hydrogen-bond acceptors (Lipinski definition) is 5. The predicted molar refractivity (Wildman–Crippen MR) is 91.1 cm³/mol. The molecule has 6 heteroatoms. The predicted octanol–water partition coefficient (Wildman–Crippen LogP) is 2.09. The number of hydrogen-bond donors (Lipinski definition) is 2. The van der Waals surface area contributed by atoms with Crippen molar-refractivity contribution in [2.24, 2.45) is 11.7 Å². The molecule has 2 unspecified atom stereocenters. The highest BCUT2D eigenvalue weighted by atomic mass is 16.5. The maximum atomic E-state index is 12.1. The molecule has 1 heterocycles. The first kappa shape index (κ1) is 16.6. The van der Waals surface area contributed by atoms with E-state index in [4.69, 9.17) is 10.3 Å². The number of nitrogens with one attached hydrogen (secondary N) is 1. The number of amides is 1. The second kappa shape index (κ2) is 7.57. The van der Waals surface area contributed by atoms with Crippen LogP contribution < -0.4 is 11.1 Å². The first-order valence-corrected chi connectivity index (χ1v) is 8.61. The summed E-state index contributed by atoms with van der Waals surface area (Å²) in [6.45, 7) is 2.63. The number of rotatable bonds is 6. The number of aromatic nitrogens is 2. The molecule has 1 amide bonds. The van der Waals surface area contributed by atoms with Gasteiger partial charge in [-0.05, 0) is 43.4 Å². The fourth-order valence-electron chi connectivity index (χ4n) is 3.06. The second-order valence-electron chi connectivity index (χ2n) is 6.38. The van der Waals surface area contributed by atoms with Crippen molar-refractivity contribution in [3.63, 3.8) is 0 Å². The zero-order valence-electron chi connectivity index (χ0n) is 14.0. The van der Waals surface area contributed by atoms with Crippen molar-refractivity contribution < 1.29 is 9.32 Å². The Kier molecular flexibility index (Phi) is 5.25. The van der Waals surface area contributed by atoms with Gasteiger partial charge in [0.05, 0.1) is 0 Å². The minimum absolute atomic E-state index is 0.0904. The Hall–Kier alpha value is -2.21. The highest BCUT2D eigenvalue weighted by Gasteiger charge is 2.27. The number of carbonyl (C=O) groups is 1. The summed E-state index contributed by atoms with van der Waals surface area (Å²) in [4.78, 5) is 16.4. The number of nitrogens with two attached hydrogens (primary N) is 1. The van der Waals surface area contributed by atoms with E-state index in [9.17, 15) is 4.79 Å². The SMILES string of the molecule is CCc1noc(-c2ccc(CCNC(=O)C3CCC(N)C3)cc2)n1. The first-order chi connectivity index (χ1) is 11.7. The van der Waals surface area contributed by atoms with Crippen molar-refractivity contribution >= 4 is 5.91 Å². The lowest BCUT2D eigenvalue weighted by atomic mass is 10.1. The van der Waals surface area contributed by atoms with Crippen LogP contribution in [-0.4, -0.2) is 28.6 Å². The van der Waals surface area contributed by atoms with E-state index in [-0.39, 0.29) is 17.9 Å².